The summed E-state index contributed by atoms with van der Waals surface area (Å²) in [6, 6.07) is 16.0. The zero-order chi connectivity index (χ0) is 17.4. The van der Waals surface area contributed by atoms with Crippen molar-refractivity contribution in [1.29, 1.82) is 0 Å². The van der Waals surface area contributed by atoms with Crippen molar-refractivity contribution in [3.05, 3.63) is 70.3 Å². The summed E-state index contributed by atoms with van der Waals surface area (Å²) in [6.07, 6.45) is 0.898. The fourth-order valence-corrected chi connectivity index (χ4v) is 2.38. The molecule has 0 aliphatic heterocycles. The summed E-state index contributed by atoms with van der Waals surface area (Å²) in [6.45, 7) is 2.31. The highest BCUT2D eigenvalue weighted by atomic mass is 16.6. The number of nitrogens with one attached hydrogen (secondary N) is 1. The molecule has 2 aromatic carbocycles. The summed E-state index contributed by atoms with van der Waals surface area (Å²) in [5.74, 6) is 0.0106. The number of nitro benzene ring substituents is 1. The van der Waals surface area contributed by atoms with Gasteiger partial charge in [0, 0.05) is 18.5 Å². The maximum atomic E-state index is 11.9. The largest absolute Gasteiger partial charge is 0.477 e. The fourth-order valence-electron chi connectivity index (χ4n) is 2.38. The van der Waals surface area contributed by atoms with Crippen molar-refractivity contribution in [2.45, 2.75) is 19.3 Å². The highest BCUT2D eigenvalue weighted by Gasteiger charge is 2.15. The number of nitrogens with zero attached hydrogens (tertiary/aromatic N) is 1. The highest BCUT2D eigenvalue weighted by molar-refractivity contribution is 5.77. The van der Waals surface area contributed by atoms with Gasteiger partial charge in [-0.05, 0) is 18.1 Å². The first kappa shape index (κ1) is 17.5. The van der Waals surface area contributed by atoms with Crippen molar-refractivity contribution in [2.75, 3.05) is 13.2 Å². The number of amides is 1. The smallest absolute Gasteiger partial charge is 0.310 e. The normalized spacial score (nSPS) is 11.5. The van der Waals surface area contributed by atoms with Gasteiger partial charge in [-0.1, -0.05) is 49.4 Å². The number of hydrogen-bond donors (Lipinski definition) is 1. The summed E-state index contributed by atoms with van der Waals surface area (Å²) in [5, 5.41) is 13.7. The Hall–Kier alpha value is -2.89. The third-order valence-electron chi connectivity index (χ3n) is 3.73. The molecule has 2 aromatic rings. The predicted octanol–water partition coefficient (Wildman–Crippen LogP) is 3.28. The van der Waals surface area contributed by atoms with Crippen LogP contribution in [0.4, 0.5) is 5.69 Å². The van der Waals surface area contributed by atoms with Gasteiger partial charge in [-0.2, -0.15) is 0 Å². The van der Waals surface area contributed by atoms with Gasteiger partial charge in [0.15, 0.2) is 12.4 Å². The monoisotopic (exact) mass is 328 g/mol. The number of ether oxygens (including phenoxy) is 1. The minimum Gasteiger partial charge on any atom is -0.477 e. The lowest BCUT2D eigenvalue weighted by Crippen LogP contribution is -2.32. The van der Waals surface area contributed by atoms with Gasteiger partial charge >= 0.3 is 5.69 Å². The van der Waals surface area contributed by atoms with Crippen LogP contribution >= 0.6 is 0 Å². The molecule has 2 rings (SSSR count). The first-order valence-electron chi connectivity index (χ1n) is 7.79. The molecule has 6 nitrogen and oxygen atoms in total. The highest BCUT2D eigenvalue weighted by Crippen LogP contribution is 2.25. The number of benzene rings is 2. The summed E-state index contributed by atoms with van der Waals surface area (Å²) >= 11 is 0. The average molecular weight is 328 g/mol. The molecule has 0 heterocycles. The Bertz CT molecular complexity index is 688. The third kappa shape index (κ3) is 4.81. The maximum Gasteiger partial charge on any atom is 0.310 e. The topological polar surface area (TPSA) is 81.5 Å². The van der Waals surface area contributed by atoms with Crippen molar-refractivity contribution in [2.24, 2.45) is 0 Å². The van der Waals surface area contributed by atoms with E-state index in [-0.39, 0.29) is 29.9 Å². The number of hydrogen-bond acceptors (Lipinski definition) is 4. The lowest BCUT2D eigenvalue weighted by Gasteiger charge is -2.16. The maximum absolute atomic E-state index is 11.9. The van der Waals surface area contributed by atoms with Crippen LogP contribution in [0, 0.1) is 10.1 Å². The Kier molecular flexibility index (Phi) is 6.31. The molecule has 0 aliphatic rings. The summed E-state index contributed by atoms with van der Waals surface area (Å²) in [5.41, 5.74) is 1.01. The predicted molar refractivity (Wildman–Crippen MR) is 91.1 cm³/mol. The second-order valence-electron chi connectivity index (χ2n) is 5.33. The molecule has 0 radical (unpaired) electrons. The Morgan fingerprint density at radius 2 is 1.83 bits per heavy atom. The zero-order valence-electron chi connectivity index (χ0n) is 13.5. The zero-order valence-corrected chi connectivity index (χ0v) is 13.5. The van der Waals surface area contributed by atoms with E-state index in [4.69, 9.17) is 4.74 Å². The molecule has 1 unspecified atom stereocenters. The van der Waals surface area contributed by atoms with Crippen LogP contribution in [0.5, 0.6) is 5.75 Å². The molecule has 0 saturated carbocycles. The Labute approximate surface area is 140 Å². The van der Waals surface area contributed by atoms with Crippen molar-refractivity contribution in [3.8, 4) is 5.75 Å². The van der Waals surface area contributed by atoms with E-state index < -0.39 is 4.92 Å². The quantitative estimate of drug-likeness (QED) is 0.595. The van der Waals surface area contributed by atoms with Crippen LogP contribution in [0.3, 0.4) is 0 Å². The van der Waals surface area contributed by atoms with E-state index in [0.717, 1.165) is 6.42 Å². The minimum atomic E-state index is -0.532. The van der Waals surface area contributed by atoms with E-state index in [1.54, 1.807) is 12.1 Å². The van der Waals surface area contributed by atoms with E-state index in [1.165, 1.54) is 17.7 Å². The number of carbonyl (C=O) groups excluding carboxylic acids is 1. The van der Waals surface area contributed by atoms with Crippen molar-refractivity contribution < 1.29 is 14.5 Å². The van der Waals surface area contributed by atoms with E-state index in [1.807, 2.05) is 30.3 Å². The second kappa shape index (κ2) is 8.67. The van der Waals surface area contributed by atoms with Gasteiger partial charge in [0.05, 0.1) is 4.92 Å². The van der Waals surface area contributed by atoms with E-state index in [0.29, 0.717) is 6.54 Å². The van der Waals surface area contributed by atoms with Crippen LogP contribution in [0.15, 0.2) is 54.6 Å². The fraction of sp³-hybridized carbons (Fsp3) is 0.278. The van der Waals surface area contributed by atoms with E-state index in [2.05, 4.69) is 12.2 Å². The molecule has 0 aromatic heterocycles. The summed E-state index contributed by atoms with van der Waals surface area (Å²) in [4.78, 5) is 22.3. The number of rotatable bonds is 8. The SMILES string of the molecule is CCC(CNC(=O)COc1ccccc1[N+](=O)[O-])c1ccccc1. The minimum absolute atomic E-state index is 0.0905. The lowest BCUT2D eigenvalue weighted by atomic mass is 9.96. The Balaban J connectivity index is 1.87. The van der Waals surface area contributed by atoms with Gasteiger partial charge in [-0.15, -0.1) is 0 Å². The Morgan fingerprint density at radius 1 is 1.17 bits per heavy atom. The molecule has 1 amide bonds. The van der Waals surface area contributed by atoms with Crippen LogP contribution < -0.4 is 10.1 Å². The molecular formula is C18H20N2O4. The first-order valence-corrected chi connectivity index (χ1v) is 7.79. The summed E-state index contributed by atoms with van der Waals surface area (Å²) < 4.78 is 5.28. The van der Waals surface area contributed by atoms with Crippen molar-refractivity contribution in [3.63, 3.8) is 0 Å². The molecular weight excluding hydrogens is 308 g/mol. The average Bonchev–Trinajstić information content (AvgIpc) is 2.61. The molecule has 126 valence electrons. The summed E-state index contributed by atoms with van der Waals surface area (Å²) in [7, 11) is 0. The molecule has 0 saturated heterocycles. The number of nitro groups is 1. The van der Waals surface area contributed by atoms with Crippen LogP contribution in [0.2, 0.25) is 0 Å². The van der Waals surface area contributed by atoms with Crippen LogP contribution in [0.25, 0.3) is 0 Å². The standard InChI is InChI=1S/C18H20N2O4/c1-2-14(15-8-4-3-5-9-15)12-19-18(21)13-24-17-11-7-6-10-16(17)20(22)23/h3-11,14H,2,12-13H2,1H3,(H,19,21). The van der Waals surface area contributed by atoms with Crippen molar-refractivity contribution >= 4 is 11.6 Å². The first-order chi connectivity index (χ1) is 11.6. The van der Waals surface area contributed by atoms with Gasteiger partial charge in [0.25, 0.3) is 5.91 Å². The van der Waals surface area contributed by atoms with E-state index in [9.17, 15) is 14.9 Å². The van der Waals surface area contributed by atoms with Crippen LogP contribution in [-0.4, -0.2) is 24.0 Å². The molecule has 0 fully saturated rings. The molecule has 0 aliphatic carbocycles. The van der Waals surface area contributed by atoms with Gasteiger partial charge in [0.2, 0.25) is 0 Å². The molecule has 0 spiro atoms. The van der Waals surface area contributed by atoms with Gasteiger partial charge < -0.3 is 10.1 Å². The van der Waals surface area contributed by atoms with Crippen LogP contribution in [0.1, 0.15) is 24.8 Å². The lowest BCUT2D eigenvalue weighted by molar-refractivity contribution is -0.385. The van der Waals surface area contributed by atoms with Gasteiger partial charge in [-0.25, -0.2) is 0 Å². The molecule has 1 atom stereocenters. The Morgan fingerprint density at radius 3 is 2.50 bits per heavy atom. The molecule has 24 heavy (non-hydrogen) atoms. The second-order valence-corrected chi connectivity index (χ2v) is 5.33. The van der Waals surface area contributed by atoms with E-state index >= 15 is 0 Å². The number of para-hydroxylation sites is 2. The molecule has 1 N–H and O–H groups in total. The van der Waals surface area contributed by atoms with Gasteiger partial charge in [-0.3, -0.25) is 14.9 Å². The number of carbonyl (C=O) groups is 1. The molecule has 0 bridgehead atoms. The molecule has 6 heteroatoms. The third-order valence-corrected chi connectivity index (χ3v) is 3.73. The van der Waals surface area contributed by atoms with Crippen molar-refractivity contribution in [1.82, 2.24) is 5.32 Å². The van der Waals surface area contributed by atoms with Gasteiger partial charge in [0.1, 0.15) is 0 Å². The van der Waals surface area contributed by atoms with Crippen LogP contribution in [-0.2, 0) is 4.79 Å².